The summed E-state index contributed by atoms with van der Waals surface area (Å²) in [6.45, 7) is 7.46. The second-order valence-electron chi connectivity index (χ2n) is 5.58. The Labute approximate surface area is 118 Å². The minimum atomic E-state index is -0.106. The molecular formula is C15H19BrN2. The molecule has 0 aliphatic carbocycles. The van der Waals surface area contributed by atoms with Crippen molar-refractivity contribution in [3.63, 3.8) is 0 Å². The fourth-order valence-electron chi connectivity index (χ4n) is 2.77. The fraction of sp³-hybridized carbons (Fsp3) is 0.533. The molecular weight excluding hydrogens is 288 g/mol. The molecule has 18 heavy (non-hydrogen) atoms. The zero-order valence-corrected chi connectivity index (χ0v) is 12.8. The average molecular weight is 307 g/mol. The van der Waals surface area contributed by atoms with Gasteiger partial charge in [-0.25, -0.2) is 0 Å². The Morgan fingerprint density at radius 2 is 2.17 bits per heavy atom. The summed E-state index contributed by atoms with van der Waals surface area (Å²) < 4.78 is 1.12. The van der Waals surface area contributed by atoms with Crippen LogP contribution in [-0.2, 0) is 0 Å². The van der Waals surface area contributed by atoms with E-state index in [4.69, 9.17) is 0 Å². The van der Waals surface area contributed by atoms with Crippen molar-refractivity contribution >= 4 is 21.6 Å². The Balaban J connectivity index is 2.40. The number of aryl methyl sites for hydroxylation is 1. The minimum Gasteiger partial charge on any atom is -0.364 e. The topological polar surface area (TPSA) is 27.0 Å². The first-order valence-corrected chi connectivity index (χ1v) is 7.19. The Bertz CT molecular complexity index is 488. The molecule has 1 unspecified atom stereocenters. The highest BCUT2D eigenvalue weighted by Crippen LogP contribution is 2.39. The van der Waals surface area contributed by atoms with Crippen molar-refractivity contribution in [2.45, 2.75) is 39.2 Å². The molecule has 0 radical (unpaired) electrons. The van der Waals surface area contributed by atoms with Crippen molar-refractivity contribution in [3.05, 3.63) is 28.2 Å². The first kappa shape index (κ1) is 13.4. The molecule has 1 aromatic rings. The van der Waals surface area contributed by atoms with Crippen LogP contribution in [0.4, 0.5) is 5.69 Å². The second kappa shape index (κ2) is 4.93. The van der Waals surface area contributed by atoms with Crippen molar-refractivity contribution in [1.82, 2.24) is 0 Å². The molecule has 3 heteroatoms. The third-order valence-corrected chi connectivity index (χ3v) is 4.61. The van der Waals surface area contributed by atoms with Crippen LogP contribution in [0.5, 0.6) is 0 Å². The summed E-state index contributed by atoms with van der Waals surface area (Å²) in [5, 5.41) is 9.32. The molecule has 96 valence electrons. The van der Waals surface area contributed by atoms with Gasteiger partial charge in [0.15, 0.2) is 0 Å². The van der Waals surface area contributed by atoms with Crippen LogP contribution in [0.1, 0.15) is 32.3 Å². The molecule has 2 rings (SSSR count). The van der Waals surface area contributed by atoms with E-state index in [2.05, 4.69) is 65.9 Å². The number of piperidine rings is 1. The van der Waals surface area contributed by atoms with E-state index in [0.29, 0.717) is 0 Å². The van der Waals surface area contributed by atoms with Crippen molar-refractivity contribution in [2.75, 3.05) is 11.4 Å². The van der Waals surface area contributed by atoms with Crippen LogP contribution in [-0.4, -0.2) is 12.1 Å². The van der Waals surface area contributed by atoms with Gasteiger partial charge in [-0.05, 0) is 67.2 Å². The van der Waals surface area contributed by atoms with Crippen LogP contribution in [0.3, 0.4) is 0 Å². The number of anilines is 1. The summed E-state index contributed by atoms with van der Waals surface area (Å²) in [5.74, 6) is 0.0967. The average Bonchev–Trinajstić information content (AvgIpc) is 2.29. The standard InChI is InChI=1S/C15H19BrN2/c1-11-6-7-14(13(16)9-11)18-8-4-5-12(10-17)15(18,2)3/h6-7,9,12H,4-5,8H2,1-3H3. The first-order chi connectivity index (χ1) is 8.46. The van der Waals surface area contributed by atoms with Crippen molar-refractivity contribution in [1.29, 1.82) is 5.26 Å². The van der Waals surface area contributed by atoms with E-state index in [-0.39, 0.29) is 11.5 Å². The normalized spacial score (nSPS) is 22.6. The van der Waals surface area contributed by atoms with Gasteiger partial charge in [0, 0.05) is 11.0 Å². The SMILES string of the molecule is Cc1ccc(N2CCCC(C#N)C2(C)C)c(Br)c1. The lowest BCUT2D eigenvalue weighted by atomic mass is 9.79. The maximum atomic E-state index is 9.32. The lowest BCUT2D eigenvalue weighted by Gasteiger charge is -2.47. The molecule has 2 nitrogen and oxygen atoms in total. The van der Waals surface area contributed by atoms with E-state index < -0.39 is 0 Å². The monoisotopic (exact) mass is 306 g/mol. The predicted octanol–water partition coefficient (Wildman–Crippen LogP) is 4.28. The zero-order valence-electron chi connectivity index (χ0n) is 11.2. The van der Waals surface area contributed by atoms with Gasteiger partial charge in [0.2, 0.25) is 0 Å². The summed E-state index contributed by atoms with van der Waals surface area (Å²) in [4.78, 5) is 2.37. The highest BCUT2D eigenvalue weighted by atomic mass is 79.9. The van der Waals surface area contributed by atoms with Gasteiger partial charge in [0.1, 0.15) is 0 Å². The van der Waals surface area contributed by atoms with Crippen molar-refractivity contribution < 1.29 is 0 Å². The van der Waals surface area contributed by atoms with E-state index in [0.717, 1.165) is 23.9 Å². The highest BCUT2D eigenvalue weighted by Gasteiger charge is 2.39. The molecule has 0 saturated carbocycles. The van der Waals surface area contributed by atoms with Gasteiger partial charge in [-0.2, -0.15) is 5.26 Å². The van der Waals surface area contributed by atoms with E-state index in [1.54, 1.807) is 0 Å². The van der Waals surface area contributed by atoms with Gasteiger partial charge in [0.25, 0.3) is 0 Å². The molecule has 1 aliphatic heterocycles. The Morgan fingerprint density at radius 3 is 2.78 bits per heavy atom. The van der Waals surface area contributed by atoms with Gasteiger partial charge >= 0.3 is 0 Å². The Kier molecular flexibility index (Phi) is 3.68. The number of halogens is 1. The first-order valence-electron chi connectivity index (χ1n) is 6.40. The van der Waals surface area contributed by atoms with Gasteiger partial charge in [-0.3, -0.25) is 0 Å². The summed E-state index contributed by atoms with van der Waals surface area (Å²) in [5.41, 5.74) is 2.34. The van der Waals surface area contributed by atoms with Crippen molar-refractivity contribution in [3.8, 4) is 6.07 Å². The minimum absolute atomic E-state index is 0.0967. The van der Waals surface area contributed by atoms with Gasteiger partial charge in [-0.15, -0.1) is 0 Å². The molecule has 0 N–H and O–H groups in total. The summed E-state index contributed by atoms with van der Waals surface area (Å²) >= 11 is 3.65. The fourth-order valence-corrected chi connectivity index (χ4v) is 3.47. The van der Waals surface area contributed by atoms with Crippen LogP contribution in [0.25, 0.3) is 0 Å². The van der Waals surface area contributed by atoms with Crippen LogP contribution in [0, 0.1) is 24.2 Å². The molecule has 1 aliphatic rings. The van der Waals surface area contributed by atoms with Gasteiger partial charge < -0.3 is 4.90 Å². The predicted molar refractivity (Wildman–Crippen MR) is 78.6 cm³/mol. The number of rotatable bonds is 1. The quantitative estimate of drug-likeness (QED) is 0.774. The Morgan fingerprint density at radius 1 is 1.44 bits per heavy atom. The maximum absolute atomic E-state index is 9.32. The van der Waals surface area contributed by atoms with Gasteiger partial charge in [0.05, 0.1) is 23.2 Å². The summed E-state index contributed by atoms with van der Waals surface area (Å²) in [6, 6.07) is 8.89. The van der Waals surface area contributed by atoms with E-state index in [1.165, 1.54) is 11.3 Å². The second-order valence-corrected chi connectivity index (χ2v) is 6.44. The summed E-state index contributed by atoms with van der Waals surface area (Å²) in [6.07, 6.45) is 2.09. The number of nitriles is 1. The molecule has 0 amide bonds. The molecule has 0 aromatic heterocycles. The van der Waals surface area contributed by atoms with Gasteiger partial charge in [-0.1, -0.05) is 6.07 Å². The number of hydrogen-bond acceptors (Lipinski definition) is 2. The van der Waals surface area contributed by atoms with Crippen LogP contribution >= 0.6 is 15.9 Å². The van der Waals surface area contributed by atoms with Crippen molar-refractivity contribution in [2.24, 2.45) is 5.92 Å². The zero-order chi connectivity index (χ0) is 13.3. The van der Waals surface area contributed by atoms with Crippen LogP contribution in [0.15, 0.2) is 22.7 Å². The Hall–Kier alpha value is -1.01. The van der Waals surface area contributed by atoms with E-state index in [9.17, 15) is 5.26 Å². The number of hydrogen-bond donors (Lipinski definition) is 0. The number of nitrogens with zero attached hydrogens (tertiary/aromatic N) is 2. The van der Waals surface area contributed by atoms with E-state index in [1.807, 2.05) is 0 Å². The molecule has 1 fully saturated rings. The third-order valence-electron chi connectivity index (χ3n) is 3.97. The molecule has 1 saturated heterocycles. The third kappa shape index (κ3) is 2.27. The smallest absolute Gasteiger partial charge is 0.0690 e. The molecule has 1 heterocycles. The maximum Gasteiger partial charge on any atom is 0.0690 e. The molecule has 0 spiro atoms. The van der Waals surface area contributed by atoms with Crippen LogP contribution < -0.4 is 4.90 Å². The highest BCUT2D eigenvalue weighted by molar-refractivity contribution is 9.10. The number of benzene rings is 1. The van der Waals surface area contributed by atoms with Crippen LogP contribution in [0.2, 0.25) is 0 Å². The molecule has 1 aromatic carbocycles. The van der Waals surface area contributed by atoms with E-state index >= 15 is 0 Å². The lowest BCUT2D eigenvalue weighted by molar-refractivity contribution is 0.292. The summed E-state index contributed by atoms with van der Waals surface area (Å²) in [7, 11) is 0. The lowest BCUT2D eigenvalue weighted by Crippen LogP contribution is -2.53. The molecule has 0 bridgehead atoms. The largest absolute Gasteiger partial charge is 0.364 e. The molecule has 1 atom stereocenters.